The summed E-state index contributed by atoms with van der Waals surface area (Å²) < 4.78 is 30.8. The van der Waals surface area contributed by atoms with E-state index in [2.05, 4.69) is 0 Å². The molecule has 9 nitrogen and oxygen atoms in total. The molecule has 10 heteroatoms. The predicted molar refractivity (Wildman–Crippen MR) is 85.1 cm³/mol. The summed E-state index contributed by atoms with van der Waals surface area (Å²) in [5.41, 5.74) is 0.826. The monoisotopic (exact) mass is 355 g/mol. The van der Waals surface area contributed by atoms with Crippen LogP contribution < -0.4 is 9.42 Å². The van der Waals surface area contributed by atoms with Gasteiger partial charge >= 0.3 is 19.9 Å². The number of anilines is 1. The van der Waals surface area contributed by atoms with Gasteiger partial charge in [0.15, 0.2) is 0 Å². The second-order valence-corrected chi connectivity index (χ2v) is 7.58. The van der Waals surface area contributed by atoms with Crippen LogP contribution in [0.4, 0.5) is 15.3 Å². The molecule has 24 heavy (non-hydrogen) atoms. The van der Waals surface area contributed by atoms with Crippen LogP contribution in [0.1, 0.15) is 0 Å². The van der Waals surface area contributed by atoms with Crippen molar-refractivity contribution in [1.29, 1.82) is 0 Å². The number of benzene rings is 1. The van der Waals surface area contributed by atoms with E-state index in [0.29, 0.717) is 0 Å². The average Bonchev–Trinajstić information content (AvgIpc) is 3.16. The summed E-state index contributed by atoms with van der Waals surface area (Å²) in [5.74, 6) is 0.281. The highest BCUT2D eigenvalue weighted by Crippen LogP contribution is 2.56. The molecule has 2 aliphatic heterocycles. The number of hydrogen-bond donors (Lipinski definition) is 0. The minimum Gasteiger partial charge on any atom is -0.447 e. The second kappa shape index (κ2) is 6.24. The number of ether oxygens (including phenoxy) is 2. The van der Waals surface area contributed by atoms with E-state index in [0.717, 1.165) is 15.0 Å². The Hall–Kier alpha value is -2.41. The molecule has 2 fully saturated rings. The van der Waals surface area contributed by atoms with Crippen molar-refractivity contribution >= 4 is 25.5 Å². The zero-order valence-electron chi connectivity index (χ0n) is 13.4. The first-order valence-corrected chi connectivity index (χ1v) is 8.91. The standard InChI is InChI=1S/C14H18N3O6P/c1-15(2)11-4-3-5-12(10-11)23-24(20,16-6-8-21-13(16)18)17-7-9-22-14(17)19/h3-5,10H,6-9H2,1-2H3. The molecule has 1 aromatic carbocycles. The molecule has 3 rings (SSSR count). The molecule has 1 aromatic rings. The molecule has 0 aromatic heterocycles. The SMILES string of the molecule is CN(C)c1cccc(OP(=O)(N2CCOC2=O)N2CCOC2=O)c1. The van der Waals surface area contributed by atoms with Crippen LogP contribution in [0.25, 0.3) is 0 Å². The van der Waals surface area contributed by atoms with Crippen LogP contribution in [0.5, 0.6) is 5.75 Å². The number of hydrogen-bond acceptors (Lipinski definition) is 7. The summed E-state index contributed by atoms with van der Waals surface area (Å²) in [5, 5.41) is 0. The molecule has 2 amide bonds. The van der Waals surface area contributed by atoms with Gasteiger partial charge in [-0.1, -0.05) is 6.07 Å². The third-order valence-corrected chi connectivity index (χ3v) is 6.04. The molecule has 0 saturated carbocycles. The molecule has 0 atom stereocenters. The molecular formula is C14H18N3O6P. The maximum Gasteiger partial charge on any atom is 0.459 e. The van der Waals surface area contributed by atoms with Gasteiger partial charge in [0, 0.05) is 25.8 Å². The van der Waals surface area contributed by atoms with Gasteiger partial charge in [-0.3, -0.25) is 0 Å². The van der Waals surface area contributed by atoms with Crippen molar-refractivity contribution in [1.82, 2.24) is 9.34 Å². The average molecular weight is 355 g/mol. The van der Waals surface area contributed by atoms with Crippen LogP contribution in [0.15, 0.2) is 24.3 Å². The Morgan fingerprint density at radius 1 is 1.08 bits per heavy atom. The summed E-state index contributed by atoms with van der Waals surface area (Å²) in [6.07, 6.45) is -1.55. The second-order valence-electron chi connectivity index (χ2n) is 5.45. The number of amides is 2. The Labute approximate surface area is 139 Å². The first-order valence-electron chi connectivity index (χ1n) is 7.38. The Bertz CT molecular complexity index is 680. The Morgan fingerprint density at radius 2 is 1.67 bits per heavy atom. The van der Waals surface area contributed by atoms with Gasteiger partial charge in [0.25, 0.3) is 0 Å². The lowest BCUT2D eigenvalue weighted by molar-refractivity contribution is 0.161. The minimum absolute atomic E-state index is 0.0766. The van der Waals surface area contributed by atoms with E-state index in [9.17, 15) is 14.2 Å². The van der Waals surface area contributed by atoms with E-state index in [4.69, 9.17) is 14.0 Å². The quantitative estimate of drug-likeness (QED) is 0.748. The Balaban J connectivity index is 1.96. The molecule has 0 bridgehead atoms. The van der Waals surface area contributed by atoms with Gasteiger partial charge < -0.3 is 18.9 Å². The van der Waals surface area contributed by atoms with E-state index in [1.54, 1.807) is 18.2 Å². The smallest absolute Gasteiger partial charge is 0.447 e. The molecule has 0 radical (unpaired) electrons. The van der Waals surface area contributed by atoms with Gasteiger partial charge in [-0.15, -0.1) is 0 Å². The zero-order valence-corrected chi connectivity index (χ0v) is 14.3. The topological polar surface area (TPSA) is 88.6 Å². The molecule has 0 unspecified atom stereocenters. The number of carbonyl (C=O) groups is 2. The number of rotatable bonds is 5. The molecule has 2 aliphatic rings. The molecule has 0 aliphatic carbocycles. The number of cyclic esters (lactones) is 2. The molecule has 0 N–H and O–H groups in total. The lowest BCUT2D eigenvalue weighted by atomic mass is 10.3. The van der Waals surface area contributed by atoms with Gasteiger partial charge in [-0.05, 0) is 12.1 Å². The van der Waals surface area contributed by atoms with Crippen molar-refractivity contribution in [2.45, 2.75) is 0 Å². The van der Waals surface area contributed by atoms with E-state index in [-0.39, 0.29) is 32.1 Å². The molecule has 2 heterocycles. The first-order chi connectivity index (χ1) is 11.4. The lowest BCUT2D eigenvalue weighted by Crippen LogP contribution is -2.35. The largest absolute Gasteiger partial charge is 0.459 e. The highest BCUT2D eigenvalue weighted by atomic mass is 31.2. The van der Waals surface area contributed by atoms with Crippen LogP contribution >= 0.6 is 7.67 Å². The maximum absolute atomic E-state index is 13.5. The van der Waals surface area contributed by atoms with Crippen molar-refractivity contribution in [3.05, 3.63) is 24.3 Å². The lowest BCUT2D eigenvalue weighted by Gasteiger charge is -2.30. The van der Waals surface area contributed by atoms with E-state index in [1.807, 2.05) is 25.1 Å². The van der Waals surface area contributed by atoms with E-state index in [1.165, 1.54) is 0 Å². The van der Waals surface area contributed by atoms with Crippen LogP contribution in [0.2, 0.25) is 0 Å². The van der Waals surface area contributed by atoms with Gasteiger partial charge in [0.05, 0.1) is 13.1 Å². The van der Waals surface area contributed by atoms with Crippen LogP contribution in [0.3, 0.4) is 0 Å². The molecule has 0 spiro atoms. The van der Waals surface area contributed by atoms with Gasteiger partial charge in [0.1, 0.15) is 19.0 Å². The summed E-state index contributed by atoms with van der Waals surface area (Å²) in [6, 6.07) is 6.88. The van der Waals surface area contributed by atoms with Crippen molar-refractivity contribution in [3.8, 4) is 5.75 Å². The molecule has 130 valence electrons. The van der Waals surface area contributed by atoms with Crippen LogP contribution in [-0.4, -0.2) is 61.9 Å². The third kappa shape index (κ3) is 2.87. The number of nitrogens with zero attached hydrogens (tertiary/aromatic N) is 3. The Kier molecular flexibility index (Phi) is 4.28. The fraction of sp³-hybridized carbons (Fsp3) is 0.429. The van der Waals surface area contributed by atoms with Gasteiger partial charge in [-0.2, -0.15) is 0 Å². The predicted octanol–water partition coefficient (Wildman–Crippen LogP) is 2.14. The van der Waals surface area contributed by atoms with Crippen molar-refractivity contribution < 1.29 is 28.2 Å². The highest BCUT2D eigenvalue weighted by Gasteiger charge is 2.51. The van der Waals surface area contributed by atoms with Crippen molar-refractivity contribution in [3.63, 3.8) is 0 Å². The fourth-order valence-electron chi connectivity index (χ4n) is 2.41. The summed E-state index contributed by atoms with van der Waals surface area (Å²) in [6.45, 7) is 0.333. The summed E-state index contributed by atoms with van der Waals surface area (Å²) in [4.78, 5) is 25.7. The first kappa shape index (κ1) is 16.4. The summed E-state index contributed by atoms with van der Waals surface area (Å²) >= 11 is 0. The van der Waals surface area contributed by atoms with Crippen molar-refractivity contribution in [2.75, 3.05) is 45.3 Å². The summed E-state index contributed by atoms with van der Waals surface area (Å²) in [7, 11) is -0.289. The van der Waals surface area contributed by atoms with Gasteiger partial charge in [-0.25, -0.2) is 23.5 Å². The molecular weight excluding hydrogens is 337 g/mol. The molecule has 2 saturated heterocycles. The fourth-order valence-corrected chi connectivity index (χ4v) is 4.46. The van der Waals surface area contributed by atoms with E-state index < -0.39 is 19.9 Å². The highest BCUT2D eigenvalue weighted by molar-refractivity contribution is 7.55. The van der Waals surface area contributed by atoms with Crippen molar-refractivity contribution in [2.24, 2.45) is 0 Å². The van der Waals surface area contributed by atoms with E-state index >= 15 is 0 Å². The van der Waals surface area contributed by atoms with Crippen LogP contribution in [0, 0.1) is 0 Å². The normalized spacial score (nSPS) is 17.8. The van der Waals surface area contributed by atoms with Crippen LogP contribution in [-0.2, 0) is 14.0 Å². The number of carbonyl (C=O) groups excluding carboxylic acids is 2. The third-order valence-electron chi connectivity index (χ3n) is 3.65. The minimum atomic E-state index is -4.00. The van der Waals surface area contributed by atoms with Gasteiger partial charge in [0.2, 0.25) is 0 Å². The maximum atomic E-state index is 13.5. The Morgan fingerprint density at radius 3 is 2.12 bits per heavy atom. The zero-order chi connectivity index (χ0) is 17.3.